The van der Waals surface area contributed by atoms with E-state index in [1.807, 2.05) is 0 Å². The minimum Gasteiger partial charge on any atom is -0.381 e. The maximum absolute atomic E-state index is 6.38. The van der Waals surface area contributed by atoms with Crippen LogP contribution in [0.25, 0.3) is 0 Å². The van der Waals surface area contributed by atoms with E-state index in [0.29, 0.717) is 5.38 Å². The van der Waals surface area contributed by atoms with Crippen molar-refractivity contribution >= 4 is 11.6 Å². The lowest BCUT2D eigenvalue weighted by atomic mass is 9.76. The predicted octanol–water partition coefficient (Wildman–Crippen LogP) is 3.21. The Morgan fingerprint density at radius 2 is 1.62 bits per heavy atom. The first-order valence-electron chi connectivity index (χ1n) is 5.60. The van der Waals surface area contributed by atoms with Gasteiger partial charge in [-0.15, -0.1) is 11.6 Å². The van der Waals surface area contributed by atoms with Crippen LogP contribution in [-0.2, 0) is 4.74 Å². The molecule has 0 amide bonds. The van der Waals surface area contributed by atoms with Gasteiger partial charge in [-0.25, -0.2) is 0 Å². The van der Waals surface area contributed by atoms with Crippen molar-refractivity contribution in [1.82, 2.24) is 0 Å². The monoisotopic (exact) mass is 202 g/mol. The molecule has 1 nitrogen and oxygen atoms in total. The Hall–Kier alpha value is 0.250. The van der Waals surface area contributed by atoms with Gasteiger partial charge in [0.2, 0.25) is 0 Å². The molecule has 0 bridgehead atoms. The molecule has 2 atom stereocenters. The molecule has 0 N–H and O–H groups in total. The fourth-order valence-electron chi connectivity index (χ4n) is 2.79. The highest BCUT2D eigenvalue weighted by Crippen LogP contribution is 2.37. The van der Waals surface area contributed by atoms with Gasteiger partial charge in [-0.05, 0) is 37.5 Å². The first kappa shape index (κ1) is 9.79. The molecule has 0 aromatic carbocycles. The fraction of sp³-hybridized carbons (Fsp3) is 1.00. The Morgan fingerprint density at radius 3 is 2.31 bits per heavy atom. The zero-order valence-electron chi connectivity index (χ0n) is 8.18. The molecule has 13 heavy (non-hydrogen) atoms. The summed E-state index contributed by atoms with van der Waals surface area (Å²) in [6.45, 7) is 1.93. The molecule has 2 rings (SSSR count). The van der Waals surface area contributed by atoms with Crippen molar-refractivity contribution in [2.24, 2.45) is 11.8 Å². The molecule has 1 saturated heterocycles. The van der Waals surface area contributed by atoms with E-state index < -0.39 is 0 Å². The number of hydrogen-bond donors (Lipinski definition) is 0. The van der Waals surface area contributed by atoms with E-state index >= 15 is 0 Å². The number of hydrogen-bond acceptors (Lipinski definition) is 1. The Morgan fingerprint density at radius 1 is 0.923 bits per heavy atom. The molecule has 0 radical (unpaired) electrons. The van der Waals surface area contributed by atoms with Gasteiger partial charge in [-0.1, -0.05) is 12.8 Å². The maximum Gasteiger partial charge on any atom is 0.0468 e. The minimum atomic E-state index is 0.455. The first-order valence-corrected chi connectivity index (χ1v) is 6.03. The molecule has 1 aliphatic carbocycles. The minimum absolute atomic E-state index is 0.455. The second-order valence-corrected chi connectivity index (χ2v) is 4.97. The van der Waals surface area contributed by atoms with Crippen LogP contribution in [0.15, 0.2) is 0 Å². The van der Waals surface area contributed by atoms with Gasteiger partial charge < -0.3 is 4.74 Å². The average molecular weight is 203 g/mol. The number of alkyl halides is 1. The van der Waals surface area contributed by atoms with Crippen molar-refractivity contribution < 1.29 is 4.74 Å². The van der Waals surface area contributed by atoms with Crippen molar-refractivity contribution in [3.63, 3.8) is 0 Å². The van der Waals surface area contributed by atoms with Crippen LogP contribution in [0.1, 0.15) is 38.5 Å². The molecule has 2 unspecified atom stereocenters. The second kappa shape index (κ2) is 4.65. The topological polar surface area (TPSA) is 9.23 Å². The van der Waals surface area contributed by atoms with E-state index in [1.54, 1.807) is 0 Å². The van der Waals surface area contributed by atoms with Crippen LogP contribution in [0.4, 0.5) is 0 Å². The van der Waals surface area contributed by atoms with E-state index in [4.69, 9.17) is 16.3 Å². The van der Waals surface area contributed by atoms with Crippen molar-refractivity contribution in [1.29, 1.82) is 0 Å². The zero-order valence-corrected chi connectivity index (χ0v) is 8.93. The highest BCUT2D eigenvalue weighted by Gasteiger charge is 2.31. The van der Waals surface area contributed by atoms with Crippen LogP contribution < -0.4 is 0 Å². The standard InChI is InChI=1S/C11H19ClO/c12-11-4-2-1-3-10(11)9-5-7-13-8-6-9/h9-11H,1-8H2. The van der Waals surface area contributed by atoms with Crippen molar-refractivity contribution in [3.8, 4) is 0 Å². The highest BCUT2D eigenvalue weighted by atomic mass is 35.5. The van der Waals surface area contributed by atoms with Gasteiger partial charge in [0.15, 0.2) is 0 Å². The smallest absolute Gasteiger partial charge is 0.0468 e. The van der Waals surface area contributed by atoms with Crippen LogP contribution >= 0.6 is 11.6 Å². The lowest BCUT2D eigenvalue weighted by Crippen LogP contribution is -2.31. The van der Waals surface area contributed by atoms with Crippen molar-refractivity contribution in [3.05, 3.63) is 0 Å². The number of rotatable bonds is 1. The normalized spacial score (nSPS) is 37.6. The Labute approximate surface area is 85.8 Å². The first-order chi connectivity index (χ1) is 6.38. The average Bonchev–Trinajstić information content (AvgIpc) is 2.20. The van der Waals surface area contributed by atoms with E-state index in [2.05, 4.69) is 0 Å². The van der Waals surface area contributed by atoms with Crippen LogP contribution in [0.3, 0.4) is 0 Å². The van der Waals surface area contributed by atoms with Crippen LogP contribution in [-0.4, -0.2) is 18.6 Å². The molecular weight excluding hydrogens is 184 g/mol. The molecule has 1 aliphatic heterocycles. The summed E-state index contributed by atoms with van der Waals surface area (Å²) < 4.78 is 5.38. The quantitative estimate of drug-likeness (QED) is 0.594. The summed E-state index contributed by atoms with van der Waals surface area (Å²) in [7, 11) is 0. The van der Waals surface area contributed by atoms with Crippen LogP contribution in [0.2, 0.25) is 0 Å². The van der Waals surface area contributed by atoms with Gasteiger partial charge in [0, 0.05) is 18.6 Å². The van der Waals surface area contributed by atoms with Gasteiger partial charge in [0.05, 0.1) is 0 Å². The Bertz CT molecular complexity index is 154. The molecule has 76 valence electrons. The number of ether oxygens (including phenoxy) is 1. The van der Waals surface area contributed by atoms with Crippen molar-refractivity contribution in [2.45, 2.75) is 43.9 Å². The molecular formula is C11H19ClO. The van der Waals surface area contributed by atoms with Crippen molar-refractivity contribution in [2.75, 3.05) is 13.2 Å². The summed E-state index contributed by atoms with van der Waals surface area (Å²) in [5.41, 5.74) is 0. The summed E-state index contributed by atoms with van der Waals surface area (Å²) in [4.78, 5) is 0. The predicted molar refractivity (Wildman–Crippen MR) is 55.1 cm³/mol. The molecule has 2 fully saturated rings. The van der Waals surface area contributed by atoms with Crippen LogP contribution in [0.5, 0.6) is 0 Å². The largest absolute Gasteiger partial charge is 0.381 e. The third-order valence-electron chi connectivity index (χ3n) is 3.60. The Kier molecular flexibility index (Phi) is 3.51. The van der Waals surface area contributed by atoms with Gasteiger partial charge in [-0.3, -0.25) is 0 Å². The lowest BCUT2D eigenvalue weighted by molar-refractivity contribution is 0.0401. The maximum atomic E-state index is 6.38. The Balaban J connectivity index is 1.88. The number of halogens is 1. The van der Waals surface area contributed by atoms with E-state index in [9.17, 15) is 0 Å². The molecule has 0 spiro atoms. The highest BCUT2D eigenvalue weighted by molar-refractivity contribution is 6.20. The molecule has 2 aliphatic rings. The molecule has 2 heteroatoms. The lowest BCUT2D eigenvalue weighted by Gasteiger charge is -2.36. The summed E-state index contributed by atoms with van der Waals surface area (Å²) in [5, 5.41) is 0.455. The molecule has 0 aromatic heterocycles. The third-order valence-corrected chi connectivity index (χ3v) is 4.15. The van der Waals surface area contributed by atoms with E-state index in [-0.39, 0.29) is 0 Å². The SMILES string of the molecule is ClC1CCCCC1C1CCOCC1. The summed E-state index contributed by atoms with van der Waals surface area (Å²) >= 11 is 6.38. The summed E-state index contributed by atoms with van der Waals surface area (Å²) in [6.07, 6.45) is 7.82. The van der Waals surface area contributed by atoms with E-state index in [0.717, 1.165) is 25.0 Å². The molecule has 1 saturated carbocycles. The van der Waals surface area contributed by atoms with Gasteiger partial charge >= 0.3 is 0 Å². The summed E-state index contributed by atoms with van der Waals surface area (Å²) in [6, 6.07) is 0. The molecule has 1 heterocycles. The van der Waals surface area contributed by atoms with E-state index in [1.165, 1.54) is 38.5 Å². The van der Waals surface area contributed by atoms with Gasteiger partial charge in [-0.2, -0.15) is 0 Å². The second-order valence-electron chi connectivity index (χ2n) is 4.41. The molecule has 0 aromatic rings. The zero-order chi connectivity index (χ0) is 9.10. The summed E-state index contributed by atoms with van der Waals surface area (Å²) in [5.74, 6) is 1.65. The van der Waals surface area contributed by atoms with Gasteiger partial charge in [0.25, 0.3) is 0 Å². The fourth-order valence-corrected chi connectivity index (χ4v) is 3.28. The third kappa shape index (κ3) is 2.38. The van der Waals surface area contributed by atoms with Crippen LogP contribution in [0, 0.1) is 11.8 Å². The van der Waals surface area contributed by atoms with Gasteiger partial charge in [0.1, 0.15) is 0 Å².